The molecule has 0 saturated carbocycles. The fourth-order valence-corrected chi connectivity index (χ4v) is 6.06. The molecule has 4 aromatic carbocycles. The number of aromatic amines is 1. The van der Waals surface area contributed by atoms with E-state index in [1.807, 2.05) is 42.5 Å². The standard InChI is InChI=1S/C33H21N7/c1-2-10-19-18(9-1)26-17-27(19)35-29-21-12-4-6-14-23(21)31(37-29)39-33-25-16-8-7-15-24(25)32(40-33)38-30-22-13-5-3-11-20(22)28(34-26)36-30/h1-16,30,38,40H,17H2. The van der Waals surface area contributed by atoms with Gasteiger partial charge in [-0.25, -0.2) is 25.0 Å². The lowest BCUT2D eigenvalue weighted by atomic mass is 10.1. The number of nitrogens with zero attached hydrogens (tertiary/aromatic N) is 5. The Morgan fingerprint density at radius 3 is 1.85 bits per heavy atom. The third-order valence-corrected chi connectivity index (χ3v) is 7.93. The first-order valence-corrected chi connectivity index (χ1v) is 13.4. The van der Waals surface area contributed by atoms with Crippen molar-refractivity contribution in [1.82, 2.24) is 4.98 Å². The molecule has 8 bridgehead atoms. The van der Waals surface area contributed by atoms with Crippen LogP contribution in [0.3, 0.4) is 0 Å². The molecule has 4 aliphatic rings. The lowest BCUT2D eigenvalue weighted by molar-refractivity contribution is 0.854. The van der Waals surface area contributed by atoms with Gasteiger partial charge in [-0.15, -0.1) is 0 Å². The number of aliphatic imine (C=N–C) groups is 5. The number of amidine groups is 3. The second-order valence-corrected chi connectivity index (χ2v) is 10.2. The fourth-order valence-electron chi connectivity index (χ4n) is 6.06. The molecule has 5 aromatic rings. The molecule has 2 N–H and O–H groups in total. The van der Waals surface area contributed by atoms with Gasteiger partial charge >= 0.3 is 0 Å². The van der Waals surface area contributed by atoms with E-state index in [0.29, 0.717) is 18.1 Å². The first-order chi connectivity index (χ1) is 19.8. The molecule has 40 heavy (non-hydrogen) atoms. The summed E-state index contributed by atoms with van der Waals surface area (Å²) in [5.41, 5.74) is 8.16. The Hall–Kier alpha value is -5.43. The van der Waals surface area contributed by atoms with E-state index in [0.717, 1.165) is 73.0 Å². The molecular weight excluding hydrogens is 494 g/mol. The van der Waals surface area contributed by atoms with Crippen LogP contribution in [-0.2, 0) is 0 Å². The molecular formula is C33H21N7. The maximum atomic E-state index is 5.17. The number of hydrogen-bond acceptors (Lipinski definition) is 6. The second kappa shape index (κ2) is 8.04. The van der Waals surface area contributed by atoms with Crippen LogP contribution in [0.15, 0.2) is 122 Å². The highest BCUT2D eigenvalue weighted by Crippen LogP contribution is 2.38. The van der Waals surface area contributed by atoms with Crippen molar-refractivity contribution in [3.8, 4) is 0 Å². The van der Waals surface area contributed by atoms with Gasteiger partial charge in [0.15, 0.2) is 17.5 Å². The number of H-pyrrole nitrogens is 1. The second-order valence-electron chi connectivity index (χ2n) is 10.2. The molecule has 0 saturated heterocycles. The predicted molar refractivity (Wildman–Crippen MR) is 161 cm³/mol. The van der Waals surface area contributed by atoms with Gasteiger partial charge < -0.3 is 10.3 Å². The van der Waals surface area contributed by atoms with E-state index >= 15 is 0 Å². The molecule has 1 unspecified atom stereocenters. The SMILES string of the molecule is c1ccc2c(c1)C1=NC3=NC(=Nc4[nH]c(c5ccccc45)NC4N=C(N=C2C1)c1ccccc14)c1ccccc13. The van der Waals surface area contributed by atoms with E-state index in [2.05, 4.69) is 64.9 Å². The highest BCUT2D eigenvalue weighted by atomic mass is 15.2. The van der Waals surface area contributed by atoms with Crippen molar-refractivity contribution in [2.45, 2.75) is 12.6 Å². The van der Waals surface area contributed by atoms with Crippen LogP contribution in [0, 0.1) is 0 Å². The summed E-state index contributed by atoms with van der Waals surface area (Å²) >= 11 is 0. The van der Waals surface area contributed by atoms with Crippen LogP contribution in [0.2, 0.25) is 0 Å². The van der Waals surface area contributed by atoms with E-state index in [9.17, 15) is 0 Å². The molecule has 0 spiro atoms. The molecule has 0 radical (unpaired) electrons. The zero-order chi connectivity index (χ0) is 26.2. The first-order valence-electron chi connectivity index (χ1n) is 13.4. The zero-order valence-corrected chi connectivity index (χ0v) is 21.3. The molecule has 3 aliphatic heterocycles. The summed E-state index contributed by atoms with van der Waals surface area (Å²) in [6.07, 6.45) is 0.321. The van der Waals surface area contributed by atoms with Crippen LogP contribution >= 0.6 is 0 Å². The Balaban J connectivity index is 1.34. The maximum absolute atomic E-state index is 5.17. The topological polar surface area (TPSA) is 89.6 Å². The van der Waals surface area contributed by atoms with Crippen LogP contribution in [0.25, 0.3) is 10.8 Å². The summed E-state index contributed by atoms with van der Waals surface area (Å²) in [5, 5.41) is 5.71. The molecule has 7 nitrogen and oxygen atoms in total. The minimum atomic E-state index is -0.285. The molecule has 1 aromatic heterocycles. The van der Waals surface area contributed by atoms with Crippen LogP contribution < -0.4 is 5.32 Å². The number of aromatic nitrogens is 1. The quantitative estimate of drug-likeness (QED) is 0.240. The Kier molecular flexibility index (Phi) is 4.32. The number of anilines is 1. The van der Waals surface area contributed by atoms with Crippen LogP contribution in [0.5, 0.6) is 0 Å². The first kappa shape index (κ1) is 21.5. The summed E-state index contributed by atoms with van der Waals surface area (Å²) in [7, 11) is 0. The number of benzene rings is 4. The number of hydrogen-bond donors (Lipinski definition) is 2. The van der Waals surface area contributed by atoms with Gasteiger partial charge in [0, 0.05) is 50.6 Å². The number of rotatable bonds is 0. The van der Waals surface area contributed by atoms with Crippen molar-refractivity contribution < 1.29 is 0 Å². The Labute approximate surface area is 229 Å². The molecule has 1 atom stereocenters. The third-order valence-electron chi connectivity index (χ3n) is 7.93. The van der Waals surface area contributed by atoms with Gasteiger partial charge in [0.25, 0.3) is 0 Å². The molecule has 4 heterocycles. The Morgan fingerprint density at radius 2 is 1.10 bits per heavy atom. The monoisotopic (exact) mass is 515 g/mol. The summed E-state index contributed by atoms with van der Waals surface area (Å²) in [5.74, 6) is 3.65. The molecule has 0 amide bonds. The van der Waals surface area contributed by atoms with Gasteiger partial charge in [-0.2, -0.15) is 0 Å². The van der Waals surface area contributed by atoms with E-state index < -0.39 is 0 Å². The average Bonchev–Trinajstić information content (AvgIpc) is 3.73. The number of fused-ring (bicyclic) bond motifs is 18. The molecule has 1 aliphatic carbocycles. The Bertz CT molecular complexity index is 2070. The van der Waals surface area contributed by atoms with Gasteiger partial charge in [-0.3, -0.25) is 0 Å². The fraction of sp³-hybridized carbons (Fsp3) is 0.0606. The normalized spacial score (nSPS) is 18.1. The zero-order valence-electron chi connectivity index (χ0n) is 21.3. The minimum Gasteiger partial charge on any atom is -0.346 e. The van der Waals surface area contributed by atoms with Crippen molar-refractivity contribution in [2.75, 3.05) is 5.32 Å². The third kappa shape index (κ3) is 3.09. The van der Waals surface area contributed by atoms with E-state index in [1.165, 1.54) is 0 Å². The van der Waals surface area contributed by atoms with E-state index in [-0.39, 0.29) is 6.17 Å². The van der Waals surface area contributed by atoms with Gasteiger partial charge in [-0.1, -0.05) is 97.1 Å². The van der Waals surface area contributed by atoms with E-state index in [1.54, 1.807) is 0 Å². The Morgan fingerprint density at radius 1 is 0.525 bits per heavy atom. The summed E-state index contributed by atoms with van der Waals surface area (Å²) in [6, 6.07) is 33.0. The highest BCUT2D eigenvalue weighted by Gasteiger charge is 2.31. The smallest absolute Gasteiger partial charge is 0.164 e. The summed E-state index contributed by atoms with van der Waals surface area (Å²) < 4.78 is 0. The van der Waals surface area contributed by atoms with Crippen LogP contribution in [0.4, 0.5) is 11.6 Å². The van der Waals surface area contributed by atoms with Gasteiger partial charge in [-0.05, 0) is 0 Å². The minimum absolute atomic E-state index is 0.285. The maximum Gasteiger partial charge on any atom is 0.164 e. The van der Waals surface area contributed by atoms with Crippen molar-refractivity contribution in [3.63, 3.8) is 0 Å². The van der Waals surface area contributed by atoms with Crippen molar-refractivity contribution >= 4 is 51.3 Å². The number of nitrogens with one attached hydrogen (secondary N) is 2. The lowest BCUT2D eigenvalue weighted by Gasteiger charge is -2.12. The largest absolute Gasteiger partial charge is 0.346 e. The molecule has 0 fully saturated rings. The van der Waals surface area contributed by atoms with E-state index in [4.69, 9.17) is 25.0 Å². The highest BCUT2D eigenvalue weighted by molar-refractivity contribution is 6.34. The van der Waals surface area contributed by atoms with Crippen LogP contribution in [0.1, 0.15) is 46.0 Å². The average molecular weight is 516 g/mol. The summed E-state index contributed by atoms with van der Waals surface area (Å²) in [6.45, 7) is 0. The summed E-state index contributed by atoms with van der Waals surface area (Å²) in [4.78, 5) is 29.0. The van der Waals surface area contributed by atoms with Crippen LogP contribution in [-0.4, -0.2) is 33.9 Å². The van der Waals surface area contributed by atoms with Gasteiger partial charge in [0.1, 0.15) is 17.8 Å². The molecule has 7 heteroatoms. The predicted octanol–water partition coefficient (Wildman–Crippen LogP) is 6.57. The van der Waals surface area contributed by atoms with Gasteiger partial charge in [0.2, 0.25) is 0 Å². The van der Waals surface area contributed by atoms with Crippen molar-refractivity contribution in [1.29, 1.82) is 0 Å². The molecule has 188 valence electrons. The van der Waals surface area contributed by atoms with Crippen molar-refractivity contribution in [3.05, 3.63) is 130 Å². The molecule has 9 rings (SSSR count). The lowest BCUT2D eigenvalue weighted by Crippen LogP contribution is -2.06. The van der Waals surface area contributed by atoms with Crippen molar-refractivity contribution in [2.24, 2.45) is 25.0 Å². The van der Waals surface area contributed by atoms with Gasteiger partial charge in [0.05, 0.1) is 11.4 Å².